The minimum atomic E-state index is -5.08. The Morgan fingerprint density at radius 1 is 0.962 bits per heavy atom. The molecule has 280 valence electrons. The van der Waals surface area contributed by atoms with Gasteiger partial charge < -0.3 is 19.5 Å². The minimum Gasteiger partial charge on any atom is -0.497 e. The van der Waals surface area contributed by atoms with Gasteiger partial charge in [0.05, 0.1) is 37.1 Å². The van der Waals surface area contributed by atoms with Gasteiger partial charge in [0, 0.05) is 50.4 Å². The highest BCUT2D eigenvalue weighted by Gasteiger charge is 2.45. The lowest BCUT2D eigenvalue weighted by Crippen LogP contribution is -2.54. The lowest BCUT2D eigenvalue weighted by atomic mass is 10.0. The van der Waals surface area contributed by atoms with Crippen molar-refractivity contribution in [1.82, 2.24) is 40.3 Å². The molecule has 2 N–H and O–H groups in total. The molecule has 1 aromatic carbocycles. The van der Waals surface area contributed by atoms with E-state index in [2.05, 4.69) is 35.6 Å². The van der Waals surface area contributed by atoms with Crippen molar-refractivity contribution in [3.8, 4) is 5.75 Å². The molecule has 0 spiro atoms. The molecule has 0 bridgehead atoms. The van der Waals surface area contributed by atoms with Gasteiger partial charge in [0.25, 0.3) is 11.8 Å². The molecule has 3 aromatic rings. The smallest absolute Gasteiger partial charge is 0.490 e. The highest BCUT2D eigenvalue weighted by molar-refractivity contribution is 6.23. The molecule has 4 amide bonds. The third kappa shape index (κ3) is 7.50. The van der Waals surface area contributed by atoms with Crippen LogP contribution in [0.25, 0.3) is 0 Å². The second kappa shape index (κ2) is 14.6. The Morgan fingerprint density at radius 3 is 2.25 bits per heavy atom. The third-order valence-corrected chi connectivity index (χ3v) is 9.10. The molecule has 21 heteroatoms. The molecule has 53 heavy (non-hydrogen) atoms. The highest BCUT2D eigenvalue weighted by atomic mass is 19.4. The molecular weight excluding hydrogens is 711 g/mol. The van der Waals surface area contributed by atoms with Crippen molar-refractivity contribution in [3.63, 3.8) is 0 Å². The lowest BCUT2D eigenvalue weighted by Gasteiger charge is -2.39. The Balaban J connectivity index is 0.000000626. The van der Waals surface area contributed by atoms with E-state index in [0.717, 1.165) is 23.4 Å². The average Bonchev–Trinajstić information content (AvgIpc) is 3.82. The fourth-order valence-corrected chi connectivity index (χ4v) is 6.33. The first-order valence-electron chi connectivity index (χ1n) is 16.3. The van der Waals surface area contributed by atoms with Crippen LogP contribution in [0, 0.1) is 0 Å². The second-order valence-corrected chi connectivity index (χ2v) is 12.4. The monoisotopic (exact) mass is 743 g/mol. The summed E-state index contributed by atoms with van der Waals surface area (Å²) in [7, 11) is 2.81. The molecule has 2 unspecified atom stereocenters. The first-order chi connectivity index (χ1) is 25.2. The van der Waals surface area contributed by atoms with Gasteiger partial charge in [-0.3, -0.25) is 34.3 Å². The van der Waals surface area contributed by atoms with E-state index in [-0.39, 0.29) is 35.7 Å². The van der Waals surface area contributed by atoms with Crippen LogP contribution in [-0.2, 0) is 19.1 Å². The number of hydrogen-bond acceptors (Lipinski definition) is 14. The van der Waals surface area contributed by atoms with E-state index in [1.54, 1.807) is 24.3 Å². The SMILES string of the molecule is COC(=O)c1cc(OC)cc(C(c2nnnn2C2CC2)N2CCN(c3ccc4c(c3)C(=O)N(C3CCC(=O)NC3=O)C4=O)CC2)n1.O=C(O)C(F)(F)F. The summed E-state index contributed by atoms with van der Waals surface area (Å²) in [4.78, 5) is 81.9. The van der Waals surface area contributed by atoms with Gasteiger partial charge in [-0.25, -0.2) is 19.3 Å². The number of carbonyl (C=O) groups excluding carboxylic acids is 5. The van der Waals surface area contributed by atoms with Gasteiger partial charge in [-0.1, -0.05) is 0 Å². The lowest BCUT2D eigenvalue weighted by molar-refractivity contribution is -0.192. The van der Waals surface area contributed by atoms with Crippen LogP contribution in [0.4, 0.5) is 18.9 Å². The summed E-state index contributed by atoms with van der Waals surface area (Å²) in [6, 6.07) is 7.08. The van der Waals surface area contributed by atoms with Crippen LogP contribution in [0.15, 0.2) is 30.3 Å². The summed E-state index contributed by atoms with van der Waals surface area (Å²) < 4.78 is 44.0. The maximum absolute atomic E-state index is 13.4. The molecule has 0 radical (unpaired) electrons. The van der Waals surface area contributed by atoms with Crippen molar-refractivity contribution in [2.24, 2.45) is 0 Å². The number of amides is 4. The molecule has 1 saturated carbocycles. The van der Waals surface area contributed by atoms with Crippen LogP contribution in [-0.4, -0.2) is 128 Å². The van der Waals surface area contributed by atoms with Gasteiger partial charge in [0.2, 0.25) is 11.8 Å². The van der Waals surface area contributed by atoms with Crippen LogP contribution in [0.2, 0.25) is 0 Å². The van der Waals surface area contributed by atoms with E-state index in [1.165, 1.54) is 20.3 Å². The molecule has 2 saturated heterocycles. The number of nitrogens with one attached hydrogen (secondary N) is 1. The Morgan fingerprint density at radius 2 is 1.64 bits per heavy atom. The molecule has 3 fully saturated rings. The van der Waals surface area contributed by atoms with Gasteiger partial charge in [0.1, 0.15) is 17.8 Å². The van der Waals surface area contributed by atoms with Gasteiger partial charge in [-0.15, -0.1) is 5.10 Å². The molecule has 7 rings (SSSR count). The average molecular weight is 744 g/mol. The number of nitrogens with zero attached hydrogens (tertiary/aromatic N) is 8. The molecule has 2 aromatic heterocycles. The molecule has 4 aliphatic rings. The maximum Gasteiger partial charge on any atom is 0.490 e. The number of esters is 1. The standard InChI is InChI=1S/C30H31N9O7.C2HF3O2/c1-45-18-14-21(31-22(15-18)30(44)46-2)25(26-33-34-35-39(26)16-3-4-16)37-11-9-36(10-12-37)17-5-6-19-20(13-17)29(43)38(28(19)42)23-7-8-24(40)32-27(23)41;3-2(4,5)1(6)7/h5-6,13-16,23,25H,3-4,7-12H2,1-2H3,(H,32,40,41);(H,6,7). The Labute approximate surface area is 297 Å². The topological polar surface area (TPSA) is 219 Å². The number of carbonyl (C=O) groups is 6. The van der Waals surface area contributed by atoms with Gasteiger partial charge in [-0.05, 0) is 47.9 Å². The Bertz CT molecular complexity index is 1980. The zero-order valence-electron chi connectivity index (χ0n) is 28.2. The summed E-state index contributed by atoms with van der Waals surface area (Å²) >= 11 is 0. The number of pyridine rings is 1. The first kappa shape index (κ1) is 36.8. The minimum absolute atomic E-state index is 0.0582. The highest BCUT2D eigenvalue weighted by Crippen LogP contribution is 2.39. The van der Waals surface area contributed by atoms with Gasteiger partial charge >= 0.3 is 18.1 Å². The van der Waals surface area contributed by atoms with Gasteiger partial charge in [0.15, 0.2) is 11.5 Å². The summed E-state index contributed by atoms with van der Waals surface area (Å²) in [6.07, 6.45) is -2.99. The number of anilines is 1. The van der Waals surface area contributed by atoms with Crippen molar-refractivity contribution in [2.75, 3.05) is 45.3 Å². The molecule has 18 nitrogen and oxygen atoms in total. The molecule has 3 aliphatic heterocycles. The number of halogens is 3. The second-order valence-electron chi connectivity index (χ2n) is 12.4. The predicted octanol–water partition coefficient (Wildman–Crippen LogP) is 1.14. The number of methoxy groups -OCH3 is 2. The first-order valence-corrected chi connectivity index (χ1v) is 16.3. The summed E-state index contributed by atoms with van der Waals surface area (Å²) in [6.45, 7) is 2.24. The predicted molar refractivity (Wildman–Crippen MR) is 171 cm³/mol. The van der Waals surface area contributed by atoms with Crippen LogP contribution < -0.4 is 15.0 Å². The van der Waals surface area contributed by atoms with Crippen LogP contribution in [0.5, 0.6) is 5.75 Å². The van der Waals surface area contributed by atoms with E-state index < -0.39 is 53.8 Å². The molecule has 2 atom stereocenters. The zero-order valence-corrected chi connectivity index (χ0v) is 28.2. The van der Waals surface area contributed by atoms with E-state index in [4.69, 9.17) is 19.4 Å². The number of piperazine rings is 1. The number of alkyl halides is 3. The summed E-state index contributed by atoms with van der Waals surface area (Å²) in [5, 5.41) is 22.0. The maximum atomic E-state index is 13.4. The van der Waals surface area contributed by atoms with Crippen molar-refractivity contribution < 1.29 is 56.5 Å². The van der Waals surface area contributed by atoms with E-state index in [1.807, 2.05) is 4.68 Å². The fraction of sp³-hybridized carbons (Fsp3) is 0.438. The number of aliphatic carboxylic acids is 1. The fourth-order valence-electron chi connectivity index (χ4n) is 6.33. The molecule has 5 heterocycles. The van der Waals surface area contributed by atoms with Crippen molar-refractivity contribution >= 4 is 41.3 Å². The normalized spacial score (nSPS) is 19.6. The Kier molecular flexibility index (Phi) is 10.1. The number of benzene rings is 1. The van der Waals surface area contributed by atoms with Crippen molar-refractivity contribution in [1.29, 1.82) is 0 Å². The quantitative estimate of drug-likeness (QED) is 0.244. The number of tetrazole rings is 1. The van der Waals surface area contributed by atoms with E-state index in [9.17, 15) is 37.1 Å². The third-order valence-electron chi connectivity index (χ3n) is 9.10. The summed E-state index contributed by atoms with van der Waals surface area (Å²) in [5.74, 6) is -4.44. The van der Waals surface area contributed by atoms with Crippen LogP contribution in [0.3, 0.4) is 0 Å². The van der Waals surface area contributed by atoms with Crippen LogP contribution in [0.1, 0.15) is 80.5 Å². The number of carboxylic acids is 1. The van der Waals surface area contributed by atoms with Crippen molar-refractivity contribution in [3.05, 3.63) is 58.7 Å². The van der Waals surface area contributed by atoms with Crippen molar-refractivity contribution in [2.45, 2.75) is 50.0 Å². The number of piperidine rings is 1. The number of rotatable bonds is 8. The number of carboxylic acid groups (broad SMARTS) is 1. The number of fused-ring (bicyclic) bond motifs is 1. The molecule has 1 aliphatic carbocycles. The Hall–Kier alpha value is -5.99. The number of imide groups is 2. The van der Waals surface area contributed by atoms with Crippen LogP contribution >= 0.6 is 0 Å². The molecular formula is C32H32F3N9O9. The van der Waals surface area contributed by atoms with E-state index in [0.29, 0.717) is 43.4 Å². The summed E-state index contributed by atoms with van der Waals surface area (Å²) in [5.41, 5.74) is 1.87. The number of aromatic nitrogens is 5. The number of ether oxygens (including phenoxy) is 2. The largest absolute Gasteiger partial charge is 0.497 e. The number of hydrogen-bond donors (Lipinski definition) is 2. The van der Waals surface area contributed by atoms with E-state index >= 15 is 0 Å². The van der Waals surface area contributed by atoms with Gasteiger partial charge in [-0.2, -0.15) is 13.2 Å². The zero-order chi connectivity index (χ0) is 38.2.